The fraction of sp³-hybridized carbons (Fsp3) is 0.188. The lowest BCUT2D eigenvalue weighted by molar-refractivity contribution is 0.236. The average molecular weight is 349 g/mol. The van der Waals surface area contributed by atoms with Gasteiger partial charge in [0.2, 0.25) is 0 Å². The van der Waals surface area contributed by atoms with Crippen LogP contribution in [-0.4, -0.2) is 26.9 Å². The molecular weight excluding hydrogens is 335 g/mol. The number of halogens is 2. The van der Waals surface area contributed by atoms with Crippen molar-refractivity contribution in [3.8, 4) is 0 Å². The molecule has 2 aromatic carbocycles. The molecular formula is C16H14Cl2N4O. The van der Waals surface area contributed by atoms with Gasteiger partial charge in [-0.1, -0.05) is 46.6 Å². The standard InChI is InChI=1S/C16H14Cl2N4O/c1-21(9-11-6-7-13(17)14(18)8-11)10-22-16(23)12-4-2-3-5-15(12)19-20-22/h2-8H,9-10H2,1H3. The normalized spacial score (nSPS) is 11.3. The number of hydrogen-bond acceptors (Lipinski definition) is 4. The van der Waals surface area contributed by atoms with Gasteiger partial charge >= 0.3 is 0 Å². The third-order valence-corrected chi connectivity index (χ3v) is 4.18. The first-order valence-electron chi connectivity index (χ1n) is 6.99. The summed E-state index contributed by atoms with van der Waals surface area (Å²) in [5.74, 6) is 0. The number of rotatable bonds is 4. The van der Waals surface area contributed by atoms with E-state index in [-0.39, 0.29) is 5.56 Å². The molecule has 0 fully saturated rings. The van der Waals surface area contributed by atoms with E-state index in [0.717, 1.165) is 5.56 Å². The highest BCUT2D eigenvalue weighted by atomic mass is 35.5. The van der Waals surface area contributed by atoms with Crippen LogP contribution in [0.2, 0.25) is 10.0 Å². The molecule has 118 valence electrons. The van der Waals surface area contributed by atoms with Crippen molar-refractivity contribution in [2.24, 2.45) is 0 Å². The molecule has 1 aromatic heterocycles. The van der Waals surface area contributed by atoms with Crippen molar-refractivity contribution in [1.82, 2.24) is 19.9 Å². The van der Waals surface area contributed by atoms with Gasteiger partial charge in [0.1, 0.15) is 5.52 Å². The molecule has 0 atom stereocenters. The third-order valence-electron chi connectivity index (χ3n) is 3.44. The Labute approximate surface area is 143 Å². The Balaban J connectivity index is 1.80. The van der Waals surface area contributed by atoms with E-state index in [1.165, 1.54) is 4.68 Å². The molecule has 0 aliphatic carbocycles. The van der Waals surface area contributed by atoms with Gasteiger partial charge in [-0.05, 0) is 36.9 Å². The van der Waals surface area contributed by atoms with Gasteiger partial charge in [0.25, 0.3) is 5.56 Å². The van der Waals surface area contributed by atoms with Crippen LogP contribution in [0.15, 0.2) is 47.3 Å². The minimum atomic E-state index is -0.156. The summed E-state index contributed by atoms with van der Waals surface area (Å²) in [6.45, 7) is 0.939. The minimum absolute atomic E-state index is 0.156. The summed E-state index contributed by atoms with van der Waals surface area (Å²) < 4.78 is 1.35. The molecule has 0 radical (unpaired) electrons. The zero-order valence-electron chi connectivity index (χ0n) is 12.4. The Bertz CT molecular complexity index is 910. The van der Waals surface area contributed by atoms with E-state index >= 15 is 0 Å². The van der Waals surface area contributed by atoms with Gasteiger partial charge in [-0.3, -0.25) is 9.69 Å². The summed E-state index contributed by atoms with van der Waals surface area (Å²) in [4.78, 5) is 14.4. The molecule has 3 rings (SSSR count). The topological polar surface area (TPSA) is 51.0 Å². The highest BCUT2D eigenvalue weighted by Gasteiger charge is 2.08. The fourth-order valence-corrected chi connectivity index (χ4v) is 2.67. The summed E-state index contributed by atoms with van der Waals surface area (Å²) in [6.07, 6.45) is 0. The molecule has 3 aromatic rings. The van der Waals surface area contributed by atoms with Crippen molar-refractivity contribution in [3.63, 3.8) is 0 Å². The number of benzene rings is 2. The van der Waals surface area contributed by atoms with Gasteiger partial charge in [-0.2, -0.15) is 4.68 Å². The maximum absolute atomic E-state index is 12.4. The summed E-state index contributed by atoms with van der Waals surface area (Å²) in [7, 11) is 1.89. The summed E-state index contributed by atoms with van der Waals surface area (Å²) in [5.41, 5.74) is 1.45. The van der Waals surface area contributed by atoms with Crippen LogP contribution in [-0.2, 0) is 13.2 Å². The van der Waals surface area contributed by atoms with Crippen molar-refractivity contribution >= 4 is 34.1 Å². The van der Waals surface area contributed by atoms with Crippen LogP contribution >= 0.6 is 23.2 Å². The Morgan fingerprint density at radius 1 is 1.13 bits per heavy atom. The van der Waals surface area contributed by atoms with Gasteiger partial charge < -0.3 is 0 Å². The second-order valence-corrected chi connectivity index (χ2v) is 6.13. The van der Waals surface area contributed by atoms with Crippen LogP contribution in [0.1, 0.15) is 5.56 Å². The van der Waals surface area contributed by atoms with Crippen molar-refractivity contribution < 1.29 is 0 Å². The number of aromatic nitrogens is 3. The van der Waals surface area contributed by atoms with Crippen molar-refractivity contribution in [2.45, 2.75) is 13.2 Å². The third kappa shape index (κ3) is 3.52. The molecule has 0 aliphatic heterocycles. The molecule has 7 heteroatoms. The van der Waals surface area contributed by atoms with Gasteiger partial charge in [0, 0.05) is 6.54 Å². The first kappa shape index (κ1) is 15.9. The highest BCUT2D eigenvalue weighted by molar-refractivity contribution is 6.42. The zero-order valence-corrected chi connectivity index (χ0v) is 13.9. The maximum Gasteiger partial charge on any atom is 0.278 e. The van der Waals surface area contributed by atoms with Gasteiger partial charge in [-0.15, -0.1) is 5.10 Å². The Morgan fingerprint density at radius 3 is 2.70 bits per heavy atom. The van der Waals surface area contributed by atoms with Crippen LogP contribution in [0.3, 0.4) is 0 Å². The monoisotopic (exact) mass is 348 g/mol. The summed E-state index contributed by atoms with van der Waals surface area (Å²) in [5, 5.41) is 9.66. The lowest BCUT2D eigenvalue weighted by atomic mass is 10.2. The number of nitrogens with zero attached hydrogens (tertiary/aromatic N) is 4. The Hall–Kier alpha value is -1.95. The highest BCUT2D eigenvalue weighted by Crippen LogP contribution is 2.23. The predicted molar refractivity (Wildman–Crippen MR) is 91.7 cm³/mol. The van der Waals surface area contributed by atoms with E-state index in [9.17, 15) is 4.79 Å². The van der Waals surface area contributed by atoms with Gasteiger partial charge in [0.15, 0.2) is 0 Å². The van der Waals surface area contributed by atoms with Crippen LogP contribution in [0.4, 0.5) is 0 Å². The van der Waals surface area contributed by atoms with Gasteiger partial charge in [-0.25, -0.2) is 0 Å². The van der Waals surface area contributed by atoms with Crippen LogP contribution < -0.4 is 5.56 Å². The second-order valence-electron chi connectivity index (χ2n) is 5.32. The molecule has 0 saturated carbocycles. The first-order chi connectivity index (χ1) is 11.0. The van der Waals surface area contributed by atoms with E-state index in [0.29, 0.717) is 34.2 Å². The quantitative estimate of drug-likeness (QED) is 0.726. The summed E-state index contributed by atoms with van der Waals surface area (Å²) >= 11 is 11.9. The molecule has 0 unspecified atom stereocenters. The smallest absolute Gasteiger partial charge is 0.278 e. The molecule has 1 heterocycles. The minimum Gasteiger partial charge on any atom is -0.283 e. The second kappa shape index (κ2) is 6.66. The van der Waals surface area contributed by atoms with E-state index in [1.54, 1.807) is 18.2 Å². The lowest BCUT2D eigenvalue weighted by Gasteiger charge is -2.17. The molecule has 5 nitrogen and oxygen atoms in total. The Morgan fingerprint density at radius 2 is 1.91 bits per heavy atom. The number of hydrogen-bond donors (Lipinski definition) is 0. The largest absolute Gasteiger partial charge is 0.283 e. The number of fused-ring (bicyclic) bond motifs is 1. The fourth-order valence-electron chi connectivity index (χ4n) is 2.34. The van der Waals surface area contributed by atoms with E-state index < -0.39 is 0 Å². The molecule has 0 aliphatic rings. The maximum atomic E-state index is 12.4. The van der Waals surface area contributed by atoms with Crippen molar-refractivity contribution in [3.05, 3.63) is 68.4 Å². The first-order valence-corrected chi connectivity index (χ1v) is 7.75. The molecule has 0 spiro atoms. The molecule has 0 saturated heterocycles. The molecule has 0 bridgehead atoms. The van der Waals surface area contributed by atoms with Crippen LogP contribution in [0.5, 0.6) is 0 Å². The lowest BCUT2D eigenvalue weighted by Crippen LogP contribution is -2.32. The van der Waals surface area contributed by atoms with Crippen LogP contribution in [0, 0.1) is 0 Å². The predicted octanol–water partition coefficient (Wildman–Crippen LogP) is 3.19. The molecule has 0 amide bonds. The van der Waals surface area contributed by atoms with Gasteiger partial charge in [0.05, 0.1) is 22.1 Å². The van der Waals surface area contributed by atoms with Crippen LogP contribution in [0.25, 0.3) is 10.9 Å². The van der Waals surface area contributed by atoms with Crippen molar-refractivity contribution in [1.29, 1.82) is 0 Å². The SMILES string of the molecule is CN(Cc1ccc(Cl)c(Cl)c1)Cn1nnc2ccccc2c1=O. The van der Waals surface area contributed by atoms with Crippen molar-refractivity contribution in [2.75, 3.05) is 7.05 Å². The molecule has 0 N–H and O–H groups in total. The Kier molecular flexibility index (Phi) is 4.61. The average Bonchev–Trinajstić information content (AvgIpc) is 2.54. The van der Waals surface area contributed by atoms with E-state index in [1.807, 2.05) is 36.2 Å². The van der Waals surface area contributed by atoms with E-state index in [4.69, 9.17) is 23.2 Å². The van der Waals surface area contributed by atoms with E-state index in [2.05, 4.69) is 10.3 Å². The zero-order chi connectivity index (χ0) is 16.4. The summed E-state index contributed by atoms with van der Waals surface area (Å²) in [6, 6.07) is 12.6. The molecule has 23 heavy (non-hydrogen) atoms.